The number of hydrogen-bond acceptors (Lipinski definition) is 4. The first-order chi connectivity index (χ1) is 9.80. The molecular formula is C16H15NO2S. The van der Waals surface area contributed by atoms with Gasteiger partial charge in [-0.15, -0.1) is 11.8 Å². The lowest BCUT2D eigenvalue weighted by Crippen LogP contribution is -1.93. The number of benzene rings is 2. The number of rotatable bonds is 5. The van der Waals surface area contributed by atoms with Gasteiger partial charge in [0.05, 0.1) is 7.11 Å². The van der Waals surface area contributed by atoms with E-state index in [1.54, 1.807) is 24.9 Å². The lowest BCUT2D eigenvalue weighted by Gasteiger charge is -2.12. The molecule has 0 fully saturated rings. The molecule has 0 N–H and O–H groups in total. The van der Waals surface area contributed by atoms with Crippen LogP contribution in [-0.2, 0) is 0 Å². The molecule has 0 saturated heterocycles. The van der Waals surface area contributed by atoms with Crippen LogP contribution in [0.25, 0.3) is 0 Å². The minimum Gasteiger partial charge on any atom is -0.493 e. The van der Waals surface area contributed by atoms with Crippen LogP contribution < -0.4 is 9.47 Å². The Morgan fingerprint density at radius 2 is 1.75 bits per heavy atom. The van der Waals surface area contributed by atoms with E-state index in [9.17, 15) is 5.26 Å². The van der Waals surface area contributed by atoms with E-state index in [2.05, 4.69) is 13.0 Å². The third-order valence-electron chi connectivity index (χ3n) is 2.69. The van der Waals surface area contributed by atoms with Gasteiger partial charge in [0.1, 0.15) is 17.4 Å². The second kappa shape index (κ2) is 6.88. The third kappa shape index (κ3) is 3.06. The first-order valence-electron chi connectivity index (χ1n) is 6.27. The molecule has 20 heavy (non-hydrogen) atoms. The van der Waals surface area contributed by atoms with Crippen molar-refractivity contribution in [2.45, 2.75) is 11.8 Å². The second-order valence-electron chi connectivity index (χ2n) is 3.93. The molecule has 0 atom stereocenters. The Labute approximate surface area is 123 Å². The van der Waals surface area contributed by atoms with Crippen LogP contribution in [-0.4, -0.2) is 12.9 Å². The first-order valence-corrected chi connectivity index (χ1v) is 7.25. The fourth-order valence-corrected chi connectivity index (χ4v) is 2.58. The van der Waals surface area contributed by atoms with Gasteiger partial charge in [0, 0.05) is 4.90 Å². The molecule has 2 aromatic rings. The van der Waals surface area contributed by atoms with E-state index in [0.717, 1.165) is 10.6 Å². The average molecular weight is 285 g/mol. The summed E-state index contributed by atoms with van der Waals surface area (Å²) in [4.78, 5) is 0.933. The van der Waals surface area contributed by atoms with E-state index in [1.807, 2.05) is 36.4 Å². The number of nitrogens with zero attached hydrogens (tertiary/aromatic N) is 1. The van der Waals surface area contributed by atoms with Crippen LogP contribution in [0.1, 0.15) is 12.5 Å². The molecule has 0 aliphatic carbocycles. The molecule has 0 saturated carbocycles. The van der Waals surface area contributed by atoms with E-state index >= 15 is 0 Å². The summed E-state index contributed by atoms with van der Waals surface area (Å²) in [6, 6.07) is 15.2. The van der Waals surface area contributed by atoms with Crippen LogP contribution in [0.3, 0.4) is 0 Å². The molecule has 0 aliphatic rings. The van der Waals surface area contributed by atoms with E-state index in [1.165, 1.54) is 0 Å². The highest BCUT2D eigenvalue weighted by atomic mass is 32.2. The summed E-state index contributed by atoms with van der Waals surface area (Å²) in [5, 5.41) is 9.36. The lowest BCUT2D eigenvalue weighted by molar-refractivity contribution is 0.378. The number of thioether (sulfide) groups is 1. The number of para-hydroxylation sites is 2. The smallest absolute Gasteiger partial charge is 0.169 e. The van der Waals surface area contributed by atoms with Crippen molar-refractivity contribution in [1.82, 2.24) is 0 Å². The van der Waals surface area contributed by atoms with Gasteiger partial charge in [-0.05, 0) is 30.0 Å². The Kier molecular flexibility index (Phi) is 4.91. The maximum absolute atomic E-state index is 9.36. The molecule has 0 aliphatic heterocycles. The Hall–Kier alpha value is -2.12. The van der Waals surface area contributed by atoms with Crippen molar-refractivity contribution >= 4 is 11.8 Å². The average Bonchev–Trinajstić information content (AvgIpc) is 2.48. The Bertz CT molecular complexity index is 635. The molecule has 0 aromatic heterocycles. The van der Waals surface area contributed by atoms with Crippen molar-refractivity contribution in [3.63, 3.8) is 0 Å². The molecule has 2 aromatic carbocycles. The number of hydrogen-bond donors (Lipinski definition) is 0. The summed E-state index contributed by atoms with van der Waals surface area (Å²) in [6.07, 6.45) is 0. The van der Waals surface area contributed by atoms with Gasteiger partial charge in [-0.1, -0.05) is 25.1 Å². The zero-order valence-corrected chi connectivity index (χ0v) is 12.2. The molecule has 0 bridgehead atoms. The highest BCUT2D eigenvalue weighted by Crippen LogP contribution is 2.35. The maximum atomic E-state index is 9.36. The standard InChI is InChI=1S/C16H15NO2S/c1-3-20-16-10-6-9-13(12(16)11-17)19-15-8-5-4-7-14(15)18-2/h4-10H,3H2,1-2H3. The van der Waals surface area contributed by atoms with Gasteiger partial charge in [-0.25, -0.2) is 0 Å². The van der Waals surface area contributed by atoms with E-state index < -0.39 is 0 Å². The van der Waals surface area contributed by atoms with Crippen molar-refractivity contribution < 1.29 is 9.47 Å². The minimum atomic E-state index is 0.551. The van der Waals surface area contributed by atoms with Crippen LogP contribution in [0.5, 0.6) is 17.2 Å². The normalized spacial score (nSPS) is 9.85. The quantitative estimate of drug-likeness (QED) is 0.760. The topological polar surface area (TPSA) is 42.2 Å². The summed E-state index contributed by atoms with van der Waals surface area (Å²) in [7, 11) is 1.59. The maximum Gasteiger partial charge on any atom is 0.169 e. The molecule has 2 rings (SSSR count). The van der Waals surface area contributed by atoms with E-state index in [0.29, 0.717) is 22.8 Å². The first kappa shape index (κ1) is 14.3. The summed E-state index contributed by atoms with van der Waals surface area (Å²) in [5.74, 6) is 2.71. The van der Waals surface area contributed by atoms with Gasteiger partial charge in [0.2, 0.25) is 0 Å². The summed E-state index contributed by atoms with van der Waals surface area (Å²) in [5.41, 5.74) is 0.560. The molecule has 0 unspecified atom stereocenters. The van der Waals surface area contributed by atoms with E-state index in [4.69, 9.17) is 9.47 Å². The molecule has 0 radical (unpaired) electrons. The predicted molar refractivity (Wildman–Crippen MR) is 80.6 cm³/mol. The molecule has 3 nitrogen and oxygen atoms in total. The predicted octanol–water partition coefficient (Wildman–Crippen LogP) is 4.47. The monoisotopic (exact) mass is 285 g/mol. The highest BCUT2D eigenvalue weighted by Gasteiger charge is 2.12. The van der Waals surface area contributed by atoms with Crippen molar-refractivity contribution in [3.8, 4) is 23.3 Å². The van der Waals surface area contributed by atoms with Crippen LogP contribution >= 0.6 is 11.8 Å². The van der Waals surface area contributed by atoms with Gasteiger partial charge in [-0.3, -0.25) is 0 Å². The van der Waals surface area contributed by atoms with Crippen LogP contribution in [0, 0.1) is 11.3 Å². The third-order valence-corrected chi connectivity index (χ3v) is 3.63. The fraction of sp³-hybridized carbons (Fsp3) is 0.188. The van der Waals surface area contributed by atoms with Gasteiger partial charge in [0.15, 0.2) is 11.5 Å². The van der Waals surface area contributed by atoms with Crippen molar-refractivity contribution in [2.24, 2.45) is 0 Å². The van der Waals surface area contributed by atoms with Gasteiger partial charge in [-0.2, -0.15) is 5.26 Å². The summed E-state index contributed by atoms with van der Waals surface area (Å²) >= 11 is 1.63. The largest absolute Gasteiger partial charge is 0.493 e. The van der Waals surface area contributed by atoms with Gasteiger partial charge in [0.25, 0.3) is 0 Å². The lowest BCUT2D eigenvalue weighted by atomic mass is 10.2. The number of methoxy groups -OCH3 is 1. The molecule has 0 amide bonds. The molecule has 0 heterocycles. The number of ether oxygens (including phenoxy) is 2. The van der Waals surface area contributed by atoms with Gasteiger partial charge >= 0.3 is 0 Å². The minimum absolute atomic E-state index is 0.551. The van der Waals surface area contributed by atoms with Crippen LogP contribution in [0.15, 0.2) is 47.4 Å². The Morgan fingerprint density at radius 1 is 1.05 bits per heavy atom. The van der Waals surface area contributed by atoms with Crippen molar-refractivity contribution in [3.05, 3.63) is 48.0 Å². The molecule has 102 valence electrons. The Morgan fingerprint density at radius 3 is 2.40 bits per heavy atom. The Balaban J connectivity index is 2.39. The SMILES string of the molecule is CCSc1cccc(Oc2ccccc2OC)c1C#N. The van der Waals surface area contributed by atoms with Crippen molar-refractivity contribution in [1.29, 1.82) is 5.26 Å². The summed E-state index contributed by atoms with van der Waals surface area (Å²) in [6.45, 7) is 2.06. The number of nitriles is 1. The van der Waals surface area contributed by atoms with E-state index in [-0.39, 0.29) is 0 Å². The van der Waals surface area contributed by atoms with Crippen LogP contribution in [0.4, 0.5) is 0 Å². The van der Waals surface area contributed by atoms with Crippen molar-refractivity contribution in [2.75, 3.05) is 12.9 Å². The molecule has 0 spiro atoms. The molecule has 4 heteroatoms. The highest BCUT2D eigenvalue weighted by molar-refractivity contribution is 7.99. The summed E-state index contributed by atoms with van der Waals surface area (Å²) < 4.78 is 11.1. The zero-order chi connectivity index (χ0) is 14.4. The second-order valence-corrected chi connectivity index (χ2v) is 5.23. The fourth-order valence-electron chi connectivity index (χ4n) is 1.80. The molecular weight excluding hydrogens is 270 g/mol. The van der Waals surface area contributed by atoms with Crippen LogP contribution in [0.2, 0.25) is 0 Å². The zero-order valence-electron chi connectivity index (χ0n) is 11.4. The van der Waals surface area contributed by atoms with Gasteiger partial charge < -0.3 is 9.47 Å².